The quantitative estimate of drug-likeness (QED) is 0.886. The summed E-state index contributed by atoms with van der Waals surface area (Å²) in [6, 6.07) is 7.71. The van der Waals surface area contributed by atoms with Gasteiger partial charge in [-0.25, -0.2) is 0 Å². The Bertz CT molecular complexity index is 424. The summed E-state index contributed by atoms with van der Waals surface area (Å²) in [5, 5.41) is 6.06. The number of halogens is 2. The molecular formula is C13H21Cl2N3O2. The molecule has 1 aromatic carbocycles. The summed E-state index contributed by atoms with van der Waals surface area (Å²) in [6.07, 6.45) is -0.408. The Hall–Kier alpha value is -1.01. The zero-order valence-electron chi connectivity index (χ0n) is 11.6. The maximum absolute atomic E-state index is 12.0. The molecule has 1 amide bonds. The van der Waals surface area contributed by atoms with Gasteiger partial charge in [0.25, 0.3) is 5.91 Å². The molecule has 1 saturated heterocycles. The van der Waals surface area contributed by atoms with Gasteiger partial charge in [-0.05, 0) is 12.1 Å². The van der Waals surface area contributed by atoms with Crippen LogP contribution in [0.1, 0.15) is 0 Å². The van der Waals surface area contributed by atoms with Crippen molar-refractivity contribution in [1.29, 1.82) is 0 Å². The lowest BCUT2D eigenvalue weighted by Crippen LogP contribution is -2.45. The van der Waals surface area contributed by atoms with Crippen molar-refractivity contribution in [2.24, 2.45) is 0 Å². The first-order valence-electron chi connectivity index (χ1n) is 6.08. The minimum absolute atomic E-state index is 0. The van der Waals surface area contributed by atoms with Crippen molar-refractivity contribution in [2.45, 2.75) is 6.10 Å². The van der Waals surface area contributed by atoms with Crippen molar-refractivity contribution in [3.05, 3.63) is 24.3 Å². The van der Waals surface area contributed by atoms with E-state index >= 15 is 0 Å². The van der Waals surface area contributed by atoms with Crippen molar-refractivity contribution < 1.29 is 9.53 Å². The molecule has 1 heterocycles. The van der Waals surface area contributed by atoms with Crippen LogP contribution in [0, 0.1) is 0 Å². The number of rotatable bonds is 3. The molecule has 0 saturated carbocycles. The van der Waals surface area contributed by atoms with Crippen LogP contribution < -0.4 is 15.5 Å². The van der Waals surface area contributed by atoms with E-state index in [-0.39, 0.29) is 30.7 Å². The second kappa shape index (κ2) is 9.02. The molecule has 1 aromatic rings. The SMILES string of the molecule is CN(C)c1ccccc1NC(=O)C1CNCCO1.Cl.Cl. The van der Waals surface area contributed by atoms with Crippen LogP contribution in [0.5, 0.6) is 0 Å². The molecule has 1 aliphatic rings. The Morgan fingerprint density at radius 1 is 1.35 bits per heavy atom. The fourth-order valence-electron chi connectivity index (χ4n) is 1.92. The maximum atomic E-state index is 12.0. The van der Waals surface area contributed by atoms with Crippen LogP contribution in [0.25, 0.3) is 0 Å². The third-order valence-corrected chi connectivity index (χ3v) is 2.86. The summed E-state index contributed by atoms with van der Waals surface area (Å²) in [5.41, 5.74) is 1.79. The minimum Gasteiger partial charge on any atom is -0.376 e. The number of benzene rings is 1. The molecule has 7 heteroatoms. The number of anilines is 2. The van der Waals surface area contributed by atoms with E-state index in [9.17, 15) is 4.79 Å². The van der Waals surface area contributed by atoms with Gasteiger partial charge in [0.2, 0.25) is 0 Å². The average Bonchev–Trinajstić information content (AvgIpc) is 2.40. The van der Waals surface area contributed by atoms with Crippen LogP contribution in [0.3, 0.4) is 0 Å². The molecule has 1 aliphatic heterocycles. The lowest BCUT2D eigenvalue weighted by atomic mass is 10.2. The molecule has 0 spiro atoms. The van der Waals surface area contributed by atoms with Gasteiger partial charge in [0.15, 0.2) is 0 Å². The monoisotopic (exact) mass is 321 g/mol. The van der Waals surface area contributed by atoms with Crippen molar-refractivity contribution in [1.82, 2.24) is 5.32 Å². The number of para-hydroxylation sites is 2. The summed E-state index contributed by atoms with van der Waals surface area (Å²) >= 11 is 0. The molecule has 1 unspecified atom stereocenters. The van der Waals surface area contributed by atoms with E-state index in [2.05, 4.69) is 10.6 Å². The Balaban J connectivity index is 0.00000180. The third kappa shape index (κ3) is 4.83. The molecule has 20 heavy (non-hydrogen) atoms. The predicted octanol–water partition coefficient (Wildman–Crippen LogP) is 1.52. The predicted molar refractivity (Wildman–Crippen MR) is 86.5 cm³/mol. The summed E-state index contributed by atoms with van der Waals surface area (Å²) in [7, 11) is 3.90. The van der Waals surface area contributed by atoms with Gasteiger partial charge in [0.05, 0.1) is 18.0 Å². The van der Waals surface area contributed by atoms with Crippen molar-refractivity contribution >= 4 is 42.1 Å². The Morgan fingerprint density at radius 2 is 2.05 bits per heavy atom. The summed E-state index contributed by atoms with van der Waals surface area (Å²) in [6.45, 7) is 1.95. The van der Waals surface area contributed by atoms with Gasteiger partial charge in [0, 0.05) is 27.2 Å². The first-order chi connectivity index (χ1) is 8.68. The van der Waals surface area contributed by atoms with Crippen LogP contribution in [0.4, 0.5) is 11.4 Å². The highest BCUT2D eigenvalue weighted by Crippen LogP contribution is 2.23. The van der Waals surface area contributed by atoms with Crippen molar-refractivity contribution in [3.63, 3.8) is 0 Å². The smallest absolute Gasteiger partial charge is 0.254 e. The highest BCUT2D eigenvalue weighted by Gasteiger charge is 2.22. The van der Waals surface area contributed by atoms with Crippen molar-refractivity contribution in [2.75, 3.05) is 44.0 Å². The molecule has 1 fully saturated rings. The largest absolute Gasteiger partial charge is 0.376 e. The van der Waals surface area contributed by atoms with Crippen molar-refractivity contribution in [3.8, 4) is 0 Å². The van der Waals surface area contributed by atoms with Gasteiger partial charge in [-0.1, -0.05) is 12.1 Å². The molecule has 0 aliphatic carbocycles. The van der Waals surface area contributed by atoms with Crippen LogP contribution in [0.15, 0.2) is 24.3 Å². The van der Waals surface area contributed by atoms with Gasteiger partial charge in [-0.2, -0.15) is 0 Å². The Morgan fingerprint density at radius 3 is 2.65 bits per heavy atom. The first-order valence-corrected chi connectivity index (χ1v) is 6.08. The molecule has 114 valence electrons. The molecule has 0 aromatic heterocycles. The lowest BCUT2D eigenvalue weighted by Gasteiger charge is -2.24. The molecule has 0 radical (unpaired) electrons. The number of hydrogen-bond acceptors (Lipinski definition) is 4. The molecule has 5 nitrogen and oxygen atoms in total. The van der Waals surface area contributed by atoms with Gasteiger partial charge in [-0.3, -0.25) is 4.79 Å². The van der Waals surface area contributed by atoms with Gasteiger partial charge >= 0.3 is 0 Å². The second-order valence-corrected chi connectivity index (χ2v) is 4.46. The van der Waals surface area contributed by atoms with Gasteiger partial charge in [0.1, 0.15) is 6.10 Å². The number of carbonyl (C=O) groups is 1. The van der Waals surface area contributed by atoms with E-state index < -0.39 is 6.10 Å². The van der Waals surface area contributed by atoms with Gasteiger partial charge in [-0.15, -0.1) is 24.8 Å². The van der Waals surface area contributed by atoms with Crippen LogP contribution in [0.2, 0.25) is 0 Å². The molecular weight excluding hydrogens is 301 g/mol. The number of nitrogens with one attached hydrogen (secondary N) is 2. The summed E-state index contributed by atoms with van der Waals surface area (Å²) in [5.74, 6) is -0.100. The number of hydrogen-bond donors (Lipinski definition) is 2. The number of nitrogens with zero attached hydrogens (tertiary/aromatic N) is 1. The topological polar surface area (TPSA) is 53.6 Å². The Kier molecular flexibility index (Phi) is 8.57. The fraction of sp³-hybridized carbons (Fsp3) is 0.462. The first kappa shape index (κ1) is 19.0. The number of carbonyl (C=O) groups excluding carboxylic acids is 1. The van der Waals surface area contributed by atoms with E-state index in [1.807, 2.05) is 43.3 Å². The molecule has 2 N–H and O–H groups in total. The number of morpholine rings is 1. The Labute approximate surface area is 131 Å². The second-order valence-electron chi connectivity index (χ2n) is 4.46. The van der Waals surface area contributed by atoms with E-state index in [0.717, 1.165) is 17.9 Å². The maximum Gasteiger partial charge on any atom is 0.254 e. The normalized spacial score (nSPS) is 17.4. The average molecular weight is 322 g/mol. The van der Waals surface area contributed by atoms with E-state index in [1.165, 1.54) is 0 Å². The molecule has 1 atom stereocenters. The fourth-order valence-corrected chi connectivity index (χ4v) is 1.92. The number of ether oxygens (including phenoxy) is 1. The van der Waals surface area contributed by atoms with E-state index in [1.54, 1.807) is 0 Å². The van der Waals surface area contributed by atoms with E-state index in [4.69, 9.17) is 4.74 Å². The van der Waals surface area contributed by atoms with Gasteiger partial charge < -0.3 is 20.3 Å². The minimum atomic E-state index is -0.408. The summed E-state index contributed by atoms with van der Waals surface area (Å²) < 4.78 is 5.42. The van der Waals surface area contributed by atoms with Crippen LogP contribution >= 0.6 is 24.8 Å². The summed E-state index contributed by atoms with van der Waals surface area (Å²) in [4.78, 5) is 14.0. The lowest BCUT2D eigenvalue weighted by molar-refractivity contribution is -0.128. The van der Waals surface area contributed by atoms with Crippen LogP contribution in [-0.2, 0) is 9.53 Å². The zero-order valence-corrected chi connectivity index (χ0v) is 13.2. The molecule has 0 bridgehead atoms. The van der Waals surface area contributed by atoms with Crippen LogP contribution in [-0.4, -0.2) is 45.8 Å². The number of amides is 1. The van der Waals surface area contributed by atoms with E-state index in [0.29, 0.717) is 13.2 Å². The highest BCUT2D eigenvalue weighted by molar-refractivity contribution is 5.97. The molecule has 2 rings (SSSR count). The highest BCUT2D eigenvalue weighted by atomic mass is 35.5. The standard InChI is InChI=1S/C13H19N3O2.2ClH/c1-16(2)11-6-4-3-5-10(11)15-13(17)12-9-14-7-8-18-12;;/h3-6,12,14H,7-9H2,1-2H3,(H,15,17);2*1H. The zero-order chi connectivity index (χ0) is 13.0. The third-order valence-electron chi connectivity index (χ3n) is 2.86.